The summed E-state index contributed by atoms with van der Waals surface area (Å²) in [6, 6.07) is -0.0963. The number of hydrogen-bond acceptors (Lipinski definition) is 3. The summed E-state index contributed by atoms with van der Waals surface area (Å²) < 4.78 is 5.41. The summed E-state index contributed by atoms with van der Waals surface area (Å²) in [5.41, 5.74) is 0. The predicted octanol–water partition coefficient (Wildman–Crippen LogP) is 1.01. The molecule has 4 nitrogen and oxygen atoms in total. The number of amides is 1. The third kappa shape index (κ3) is 4.10. The van der Waals surface area contributed by atoms with Gasteiger partial charge in [0.2, 0.25) is 5.91 Å². The molecule has 0 aliphatic carbocycles. The van der Waals surface area contributed by atoms with E-state index in [2.05, 4.69) is 5.32 Å². The highest BCUT2D eigenvalue weighted by atomic mass is 16.5. The third-order valence-electron chi connectivity index (χ3n) is 2.95. The number of hydrogen-bond donors (Lipinski definition) is 1. The molecule has 2 unspecified atom stereocenters. The Balaban J connectivity index is 2.22. The number of carbonyl (C=O) groups excluding carboxylic acids is 1. The summed E-state index contributed by atoms with van der Waals surface area (Å²) in [7, 11) is 0. The average molecular weight is 228 g/mol. The molecule has 2 atom stereocenters. The van der Waals surface area contributed by atoms with Crippen molar-refractivity contribution in [2.24, 2.45) is 0 Å². The predicted molar refractivity (Wildman–Crippen MR) is 64.4 cm³/mol. The summed E-state index contributed by atoms with van der Waals surface area (Å²) in [6.07, 6.45) is 2.46. The lowest BCUT2D eigenvalue weighted by Crippen LogP contribution is -2.45. The van der Waals surface area contributed by atoms with E-state index < -0.39 is 0 Å². The normalized spacial score (nSPS) is 19.8. The Morgan fingerprint density at radius 2 is 2.00 bits per heavy atom. The van der Waals surface area contributed by atoms with Crippen molar-refractivity contribution in [2.75, 3.05) is 26.2 Å². The van der Waals surface area contributed by atoms with E-state index >= 15 is 0 Å². The Labute approximate surface area is 98.3 Å². The Morgan fingerprint density at radius 3 is 2.56 bits per heavy atom. The lowest BCUT2D eigenvalue weighted by molar-refractivity contribution is -0.132. The maximum atomic E-state index is 11.9. The molecule has 0 aromatic carbocycles. The van der Waals surface area contributed by atoms with Gasteiger partial charge in [0, 0.05) is 26.2 Å². The fourth-order valence-corrected chi connectivity index (χ4v) is 1.98. The summed E-state index contributed by atoms with van der Waals surface area (Å²) >= 11 is 0. The van der Waals surface area contributed by atoms with Crippen LogP contribution in [0.15, 0.2) is 0 Å². The second kappa shape index (κ2) is 6.86. The zero-order chi connectivity index (χ0) is 12.0. The molecular weight excluding hydrogens is 204 g/mol. The molecule has 0 aromatic rings. The van der Waals surface area contributed by atoms with Crippen LogP contribution in [0.5, 0.6) is 0 Å². The minimum atomic E-state index is -0.0963. The van der Waals surface area contributed by atoms with Crippen LogP contribution in [-0.2, 0) is 9.53 Å². The fourth-order valence-electron chi connectivity index (χ4n) is 1.98. The van der Waals surface area contributed by atoms with E-state index in [1.54, 1.807) is 0 Å². The van der Waals surface area contributed by atoms with E-state index in [9.17, 15) is 4.79 Å². The van der Waals surface area contributed by atoms with Gasteiger partial charge in [0.15, 0.2) is 0 Å². The summed E-state index contributed by atoms with van der Waals surface area (Å²) in [4.78, 5) is 13.9. The first-order valence-electron chi connectivity index (χ1n) is 6.29. The highest BCUT2D eigenvalue weighted by Gasteiger charge is 2.22. The molecule has 0 aromatic heterocycles. The van der Waals surface area contributed by atoms with Crippen molar-refractivity contribution in [3.05, 3.63) is 0 Å². The van der Waals surface area contributed by atoms with Gasteiger partial charge in [-0.1, -0.05) is 0 Å². The molecule has 94 valence electrons. The first-order valence-corrected chi connectivity index (χ1v) is 6.29. The zero-order valence-electron chi connectivity index (χ0n) is 10.7. The average Bonchev–Trinajstić information content (AvgIpc) is 2.78. The van der Waals surface area contributed by atoms with Crippen LogP contribution in [0.4, 0.5) is 0 Å². The molecule has 0 bridgehead atoms. The van der Waals surface area contributed by atoms with Crippen molar-refractivity contribution < 1.29 is 9.53 Å². The molecule has 0 radical (unpaired) electrons. The molecule has 0 spiro atoms. The number of nitrogens with zero attached hydrogens (tertiary/aromatic N) is 1. The van der Waals surface area contributed by atoms with E-state index in [4.69, 9.17) is 4.74 Å². The van der Waals surface area contributed by atoms with Gasteiger partial charge >= 0.3 is 0 Å². The molecule has 4 heteroatoms. The van der Waals surface area contributed by atoms with Gasteiger partial charge in [0.1, 0.15) is 0 Å². The molecule has 16 heavy (non-hydrogen) atoms. The van der Waals surface area contributed by atoms with Gasteiger partial charge in [-0.15, -0.1) is 0 Å². The van der Waals surface area contributed by atoms with Crippen LogP contribution in [0.1, 0.15) is 33.6 Å². The largest absolute Gasteiger partial charge is 0.377 e. The van der Waals surface area contributed by atoms with Crippen LogP contribution < -0.4 is 5.32 Å². The molecule has 1 heterocycles. The van der Waals surface area contributed by atoms with Crippen molar-refractivity contribution in [1.82, 2.24) is 10.2 Å². The molecule has 1 aliphatic heterocycles. The Kier molecular flexibility index (Phi) is 5.77. The van der Waals surface area contributed by atoms with E-state index in [0.29, 0.717) is 0 Å². The Morgan fingerprint density at radius 1 is 1.38 bits per heavy atom. The molecule has 1 saturated heterocycles. The van der Waals surface area contributed by atoms with Gasteiger partial charge in [-0.3, -0.25) is 4.79 Å². The molecular formula is C12H24N2O2. The van der Waals surface area contributed by atoms with Crippen molar-refractivity contribution >= 4 is 5.91 Å². The second-order valence-electron chi connectivity index (χ2n) is 4.43. The topological polar surface area (TPSA) is 41.6 Å². The maximum absolute atomic E-state index is 11.9. The van der Waals surface area contributed by atoms with Gasteiger partial charge in [-0.2, -0.15) is 0 Å². The Hall–Kier alpha value is -0.610. The van der Waals surface area contributed by atoms with Crippen LogP contribution in [0.3, 0.4) is 0 Å². The van der Waals surface area contributed by atoms with Crippen molar-refractivity contribution in [2.45, 2.75) is 45.8 Å². The van der Waals surface area contributed by atoms with E-state index in [1.165, 1.54) is 0 Å². The fraction of sp³-hybridized carbons (Fsp3) is 0.917. The quantitative estimate of drug-likeness (QED) is 0.738. The molecule has 1 rings (SSSR count). The van der Waals surface area contributed by atoms with E-state index in [1.807, 2.05) is 25.7 Å². The van der Waals surface area contributed by atoms with E-state index in [0.717, 1.165) is 39.1 Å². The minimum Gasteiger partial charge on any atom is -0.377 e. The molecule has 1 aliphatic rings. The lowest BCUT2D eigenvalue weighted by atomic mass is 10.2. The molecule has 0 saturated carbocycles. The summed E-state index contributed by atoms with van der Waals surface area (Å²) in [5, 5.41) is 3.23. The van der Waals surface area contributed by atoms with Crippen LogP contribution in [0.2, 0.25) is 0 Å². The van der Waals surface area contributed by atoms with Crippen LogP contribution in [0.25, 0.3) is 0 Å². The monoisotopic (exact) mass is 228 g/mol. The summed E-state index contributed by atoms with van der Waals surface area (Å²) in [5.74, 6) is 0.223. The lowest BCUT2D eigenvalue weighted by Gasteiger charge is -2.22. The van der Waals surface area contributed by atoms with Gasteiger partial charge in [0.05, 0.1) is 12.1 Å². The maximum Gasteiger partial charge on any atom is 0.239 e. The van der Waals surface area contributed by atoms with Crippen LogP contribution in [0, 0.1) is 0 Å². The zero-order valence-corrected chi connectivity index (χ0v) is 10.7. The van der Waals surface area contributed by atoms with Crippen LogP contribution in [-0.4, -0.2) is 49.2 Å². The number of carbonyl (C=O) groups is 1. The minimum absolute atomic E-state index is 0.0963. The smallest absolute Gasteiger partial charge is 0.239 e. The van der Waals surface area contributed by atoms with Crippen molar-refractivity contribution in [1.29, 1.82) is 0 Å². The SMILES string of the molecule is CCOC(C)CNC(C)C(=O)N1CCCC1. The van der Waals surface area contributed by atoms with E-state index in [-0.39, 0.29) is 18.1 Å². The number of likely N-dealkylation sites (tertiary alicyclic amines) is 1. The van der Waals surface area contributed by atoms with Gasteiger partial charge in [-0.05, 0) is 33.6 Å². The molecule has 1 N–H and O–H groups in total. The highest BCUT2D eigenvalue weighted by Crippen LogP contribution is 2.08. The second-order valence-corrected chi connectivity index (χ2v) is 4.43. The highest BCUT2D eigenvalue weighted by molar-refractivity contribution is 5.81. The van der Waals surface area contributed by atoms with Crippen molar-refractivity contribution in [3.63, 3.8) is 0 Å². The standard InChI is InChI=1S/C12H24N2O2/c1-4-16-10(2)9-13-11(3)12(15)14-7-5-6-8-14/h10-11,13H,4-9H2,1-3H3. The molecule has 1 fully saturated rings. The summed E-state index contributed by atoms with van der Waals surface area (Å²) in [6.45, 7) is 9.22. The van der Waals surface area contributed by atoms with Gasteiger partial charge in [0.25, 0.3) is 0 Å². The first kappa shape index (κ1) is 13.5. The Bertz CT molecular complexity index is 215. The molecule has 1 amide bonds. The third-order valence-corrected chi connectivity index (χ3v) is 2.95. The van der Waals surface area contributed by atoms with Gasteiger partial charge in [-0.25, -0.2) is 0 Å². The first-order chi connectivity index (χ1) is 7.65. The number of nitrogens with one attached hydrogen (secondary N) is 1. The van der Waals surface area contributed by atoms with Crippen LogP contribution >= 0.6 is 0 Å². The van der Waals surface area contributed by atoms with Gasteiger partial charge < -0.3 is 15.0 Å². The van der Waals surface area contributed by atoms with Crippen molar-refractivity contribution in [3.8, 4) is 0 Å². The number of rotatable bonds is 6. The number of ether oxygens (including phenoxy) is 1.